The molecule has 0 aromatic rings. The Morgan fingerprint density at radius 1 is 0.917 bits per heavy atom. The summed E-state index contributed by atoms with van der Waals surface area (Å²) in [6.45, 7) is 11.9. The molecule has 0 bridgehead atoms. The van der Waals surface area contributed by atoms with Gasteiger partial charge in [0.15, 0.2) is 0 Å². The molecule has 0 aliphatic carbocycles. The Morgan fingerprint density at radius 3 is 1.92 bits per heavy atom. The lowest BCUT2D eigenvalue weighted by molar-refractivity contribution is 0.0521. The predicted molar refractivity (Wildman–Crippen MR) is 54.3 cm³/mol. The van der Waals surface area contributed by atoms with Crippen molar-refractivity contribution in [2.75, 3.05) is 6.61 Å². The SMILES string of the molecule is CC(C)CCC(C)COC(C)C. The van der Waals surface area contributed by atoms with E-state index in [0.29, 0.717) is 6.10 Å². The number of ether oxygens (including phenoxy) is 1. The van der Waals surface area contributed by atoms with E-state index in [1.807, 2.05) is 0 Å². The zero-order valence-corrected chi connectivity index (χ0v) is 9.26. The lowest BCUT2D eigenvalue weighted by Crippen LogP contribution is -2.11. The number of hydrogen-bond donors (Lipinski definition) is 0. The van der Waals surface area contributed by atoms with Gasteiger partial charge in [-0.1, -0.05) is 27.2 Å². The molecule has 1 unspecified atom stereocenters. The van der Waals surface area contributed by atoms with Crippen LogP contribution in [0.1, 0.15) is 47.5 Å². The van der Waals surface area contributed by atoms with Gasteiger partial charge in [-0.05, 0) is 32.1 Å². The molecule has 1 atom stereocenters. The van der Waals surface area contributed by atoms with Crippen molar-refractivity contribution in [3.05, 3.63) is 0 Å². The van der Waals surface area contributed by atoms with E-state index in [0.717, 1.165) is 18.4 Å². The minimum atomic E-state index is 0.381. The van der Waals surface area contributed by atoms with Gasteiger partial charge in [-0.25, -0.2) is 0 Å². The Bertz CT molecular complexity index is 85.2. The molecule has 0 rings (SSSR count). The fraction of sp³-hybridized carbons (Fsp3) is 1.00. The van der Waals surface area contributed by atoms with Crippen LogP contribution < -0.4 is 0 Å². The first-order valence-corrected chi connectivity index (χ1v) is 5.14. The minimum absolute atomic E-state index is 0.381. The number of hydrogen-bond acceptors (Lipinski definition) is 1. The smallest absolute Gasteiger partial charge is 0.0519 e. The Labute approximate surface area is 77.5 Å². The zero-order valence-electron chi connectivity index (χ0n) is 9.26. The van der Waals surface area contributed by atoms with Crippen LogP contribution in [-0.2, 0) is 4.74 Å². The van der Waals surface area contributed by atoms with Crippen molar-refractivity contribution in [2.45, 2.75) is 53.6 Å². The molecule has 0 aliphatic heterocycles. The molecule has 0 aliphatic rings. The van der Waals surface area contributed by atoms with Gasteiger partial charge in [0.05, 0.1) is 6.10 Å². The van der Waals surface area contributed by atoms with E-state index in [-0.39, 0.29) is 0 Å². The van der Waals surface area contributed by atoms with Crippen LogP contribution in [0.15, 0.2) is 0 Å². The Balaban J connectivity index is 3.27. The van der Waals surface area contributed by atoms with Crippen molar-refractivity contribution < 1.29 is 4.74 Å². The van der Waals surface area contributed by atoms with Gasteiger partial charge in [0.1, 0.15) is 0 Å². The van der Waals surface area contributed by atoms with E-state index in [2.05, 4.69) is 34.6 Å². The first kappa shape index (κ1) is 12.0. The average Bonchev–Trinajstić information content (AvgIpc) is 1.96. The molecule has 0 spiro atoms. The van der Waals surface area contributed by atoms with E-state index in [1.165, 1.54) is 12.8 Å². The first-order chi connectivity index (χ1) is 5.52. The standard InChI is InChI=1S/C11H24O/c1-9(2)6-7-11(5)8-12-10(3)4/h9-11H,6-8H2,1-5H3. The zero-order chi connectivity index (χ0) is 9.56. The average molecular weight is 172 g/mol. The second-order valence-electron chi connectivity index (χ2n) is 4.46. The monoisotopic (exact) mass is 172 g/mol. The highest BCUT2D eigenvalue weighted by molar-refractivity contribution is 4.54. The van der Waals surface area contributed by atoms with Crippen LogP contribution >= 0.6 is 0 Å². The van der Waals surface area contributed by atoms with E-state index in [1.54, 1.807) is 0 Å². The van der Waals surface area contributed by atoms with Gasteiger partial charge in [0.25, 0.3) is 0 Å². The predicted octanol–water partition coefficient (Wildman–Crippen LogP) is 3.48. The second kappa shape index (κ2) is 6.47. The molecule has 0 amide bonds. The molecule has 0 N–H and O–H groups in total. The van der Waals surface area contributed by atoms with Crippen LogP contribution in [0.5, 0.6) is 0 Å². The van der Waals surface area contributed by atoms with Gasteiger partial charge in [-0.3, -0.25) is 0 Å². The van der Waals surface area contributed by atoms with Gasteiger partial charge in [-0.2, -0.15) is 0 Å². The van der Waals surface area contributed by atoms with Crippen LogP contribution in [0.2, 0.25) is 0 Å². The molecule has 0 heterocycles. The van der Waals surface area contributed by atoms with E-state index in [4.69, 9.17) is 4.74 Å². The topological polar surface area (TPSA) is 9.23 Å². The van der Waals surface area contributed by atoms with Crippen LogP contribution in [0.4, 0.5) is 0 Å². The highest BCUT2D eigenvalue weighted by atomic mass is 16.5. The molecule has 0 radical (unpaired) electrons. The summed E-state index contributed by atoms with van der Waals surface area (Å²) >= 11 is 0. The molecule has 12 heavy (non-hydrogen) atoms. The molecule has 0 saturated heterocycles. The van der Waals surface area contributed by atoms with Crippen molar-refractivity contribution in [1.29, 1.82) is 0 Å². The molecule has 0 fully saturated rings. The summed E-state index contributed by atoms with van der Waals surface area (Å²) in [5, 5.41) is 0. The summed E-state index contributed by atoms with van der Waals surface area (Å²) in [5.41, 5.74) is 0. The summed E-state index contributed by atoms with van der Waals surface area (Å²) in [6, 6.07) is 0. The van der Waals surface area contributed by atoms with Crippen molar-refractivity contribution in [3.63, 3.8) is 0 Å². The maximum Gasteiger partial charge on any atom is 0.0519 e. The third-order valence-electron chi connectivity index (χ3n) is 1.95. The second-order valence-corrected chi connectivity index (χ2v) is 4.46. The maximum absolute atomic E-state index is 5.54. The summed E-state index contributed by atoms with van der Waals surface area (Å²) in [7, 11) is 0. The highest BCUT2D eigenvalue weighted by Crippen LogP contribution is 2.12. The largest absolute Gasteiger partial charge is 0.379 e. The Kier molecular flexibility index (Phi) is 6.45. The summed E-state index contributed by atoms with van der Waals surface area (Å²) < 4.78 is 5.54. The number of rotatable bonds is 6. The molecule has 74 valence electrons. The molecular formula is C11H24O. The Hall–Kier alpha value is -0.0400. The molecule has 0 aromatic heterocycles. The normalized spacial score (nSPS) is 14.2. The van der Waals surface area contributed by atoms with Crippen LogP contribution in [0.25, 0.3) is 0 Å². The van der Waals surface area contributed by atoms with Crippen LogP contribution in [-0.4, -0.2) is 12.7 Å². The molecule has 0 aromatic carbocycles. The van der Waals surface area contributed by atoms with Crippen LogP contribution in [0, 0.1) is 11.8 Å². The van der Waals surface area contributed by atoms with E-state index >= 15 is 0 Å². The lowest BCUT2D eigenvalue weighted by Gasteiger charge is -2.14. The van der Waals surface area contributed by atoms with E-state index in [9.17, 15) is 0 Å². The fourth-order valence-electron chi connectivity index (χ4n) is 1.06. The summed E-state index contributed by atoms with van der Waals surface area (Å²) in [5.74, 6) is 1.54. The van der Waals surface area contributed by atoms with Gasteiger partial charge >= 0.3 is 0 Å². The molecule has 0 saturated carbocycles. The molecule has 1 heteroatoms. The lowest BCUT2D eigenvalue weighted by atomic mass is 10.0. The summed E-state index contributed by atoms with van der Waals surface area (Å²) in [6.07, 6.45) is 3.00. The van der Waals surface area contributed by atoms with Gasteiger partial charge in [0.2, 0.25) is 0 Å². The van der Waals surface area contributed by atoms with Crippen molar-refractivity contribution in [3.8, 4) is 0 Å². The third kappa shape index (κ3) is 8.06. The van der Waals surface area contributed by atoms with Crippen molar-refractivity contribution in [2.24, 2.45) is 11.8 Å². The highest BCUT2D eigenvalue weighted by Gasteiger charge is 2.04. The maximum atomic E-state index is 5.54. The molecule has 1 nitrogen and oxygen atoms in total. The van der Waals surface area contributed by atoms with Crippen molar-refractivity contribution in [1.82, 2.24) is 0 Å². The summed E-state index contributed by atoms with van der Waals surface area (Å²) in [4.78, 5) is 0. The molecular weight excluding hydrogens is 148 g/mol. The first-order valence-electron chi connectivity index (χ1n) is 5.14. The minimum Gasteiger partial charge on any atom is -0.379 e. The Morgan fingerprint density at radius 2 is 1.50 bits per heavy atom. The fourth-order valence-corrected chi connectivity index (χ4v) is 1.06. The van der Waals surface area contributed by atoms with Gasteiger partial charge in [-0.15, -0.1) is 0 Å². The van der Waals surface area contributed by atoms with Gasteiger partial charge in [0, 0.05) is 6.61 Å². The van der Waals surface area contributed by atoms with Crippen molar-refractivity contribution >= 4 is 0 Å². The van der Waals surface area contributed by atoms with Crippen LogP contribution in [0.3, 0.4) is 0 Å². The quantitative estimate of drug-likeness (QED) is 0.596. The third-order valence-corrected chi connectivity index (χ3v) is 1.95. The van der Waals surface area contributed by atoms with Gasteiger partial charge < -0.3 is 4.74 Å². The van der Waals surface area contributed by atoms with E-state index < -0.39 is 0 Å².